The molecule has 2 aliphatic heterocycles. The van der Waals surface area contributed by atoms with Gasteiger partial charge in [0.25, 0.3) is 0 Å². The number of fused-ring (bicyclic) bond motifs is 1. The van der Waals surface area contributed by atoms with Crippen LogP contribution < -0.4 is 4.90 Å². The van der Waals surface area contributed by atoms with Gasteiger partial charge in [-0.15, -0.1) is 0 Å². The van der Waals surface area contributed by atoms with E-state index in [9.17, 15) is 5.26 Å². The molecule has 1 unspecified atom stereocenters. The molecule has 4 rings (SSSR count). The third-order valence-corrected chi connectivity index (χ3v) is 5.27. The number of aromatic nitrogens is 1. The van der Waals surface area contributed by atoms with Crippen LogP contribution in [-0.2, 0) is 12.8 Å². The molecular formula is C17H22N4. The van der Waals surface area contributed by atoms with E-state index < -0.39 is 0 Å². The largest absolute Gasteiger partial charge is 0.354 e. The monoisotopic (exact) mass is 282 g/mol. The Bertz CT molecular complexity index is 583. The first-order valence-corrected chi connectivity index (χ1v) is 8.27. The normalized spacial score (nSPS) is 25.3. The Kier molecular flexibility index (Phi) is 3.31. The van der Waals surface area contributed by atoms with Crippen molar-refractivity contribution in [1.29, 1.82) is 5.26 Å². The third-order valence-electron chi connectivity index (χ3n) is 5.27. The third kappa shape index (κ3) is 2.30. The number of likely N-dealkylation sites (tertiary alicyclic amines) is 1. The molecule has 3 heterocycles. The lowest BCUT2D eigenvalue weighted by Gasteiger charge is -2.24. The zero-order chi connectivity index (χ0) is 14.2. The smallest absolute Gasteiger partial charge is 0.146 e. The van der Waals surface area contributed by atoms with Crippen LogP contribution >= 0.6 is 0 Å². The highest BCUT2D eigenvalue weighted by molar-refractivity contribution is 5.57. The Morgan fingerprint density at radius 2 is 2.00 bits per heavy atom. The number of anilines is 1. The van der Waals surface area contributed by atoms with E-state index in [4.69, 9.17) is 4.98 Å². The maximum atomic E-state index is 9.46. The van der Waals surface area contributed by atoms with Gasteiger partial charge >= 0.3 is 0 Å². The van der Waals surface area contributed by atoms with Crippen molar-refractivity contribution in [1.82, 2.24) is 9.88 Å². The molecule has 0 bridgehead atoms. The number of rotatable bonds is 2. The summed E-state index contributed by atoms with van der Waals surface area (Å²) >= 11 is 0. The Balaban J connectivity index is 1.58. The Morgan fingerprint density at radius 1 is 1.14 bits per heavy atom. The molecule has 0 aromatic carbocycles. The SMILES string of the molecule is N#Cc1cc2c(nc1N1CCC(N3CCCC3)C1)CCC2. The lowest BCUT2D eigenvalue weighted by Crippen LogP contribution is -2.35. The molecule has 3 aliphatic rings. The molecule has 0 N–H and O–H groups in total. The van der Waals surface area contributed by atoms with Gasteiger partial charge in [-0.05, 0) is 63.2 Å². The Hall–Kier alpha value is -1.60. The molecule has 2 fully saturated rings. The first kappa shape index (κ1) is 13.1. The van der Waals surface area contributed by atoms with Crippen LogP contribution in [0.5, 0.6) is 0 Å². The van der Waals surface area contributed by atoms with Crippen LogP contribution in [0.3, 0.4) is 0 Å². The van der Waals surface area contributed by atoms with Crippen LogP contribution in [0, 0.1) is 11.3 Å². The van der Waals surface area contributed by atoms with Crippen molar-refractivity contribution in [3.63, 3.8) is 0 Å². The van der Waals surface area contributed by atoms with E-state index in [-0.39, 0.29) is 0 Å². The van der Waals surface area contributed by atoms with Crippen molar-refractivity contribution in [2.24, 2.45) is 0 Å². The van der Waals surface area contributed by atoms with Crippen LogP contribution in [0.15, 0.2) is 6.07 Å². The minimum Gasteiger partial charge on any atom is -0.354 e. The predicted octanol–water partition coefficient (Wildman–Crippen LogP) is 2.12. The van der Waals surface area contributed by atoms with E-state index in [1.165, 1.54) is 50.0 Å². The van der Waals surface area contributed by atoms with Gasteiger partial charge in [0.1, 0.15) is 11.9 Å². The second-order valence-electron chi connectivity index (χ2n) is 6.56. The maximum absolute atomic E-state index is 9.46. The molecule has 1 atom stereocenters. The van der Waals surface area contributed by atoms with E-state index in [0.717, 1.165) is 37.3 Å². The van der Waals surface area contributed by atoms with Gasteiger partial charge in [0.15, 0.2) is 0 Å². The molecule has 0 spiro atoms. The standard InChI is InChI=1S/C17H22N4/c18-11-14-10-13-4-3-5-16(13)19-17(14)21-9-6-15(12-21)20-7-1-2-8-20/h10,15H,1-9,12H2. The molecule has 0 radical (unpaired) electrons. The van der Waals surface area contributed by atoms with Crippen molar-refractivity contribution >= 4 is 5.82 Å². The van der Waals surface area contributed by atoms with E-state index in [0.29, 0.717) is 6.04 Å². The zero-order valence-electron chi connectivity index (χ0n) is 12.5. The Labute approximate surface area is 126 Å². The second kappa shape index (κ2) is 5.31. The lowest BCUT2D eigenvalue weighted by atomic mass is 10.1. The molecule has 21 heavy (non-hydrogen) atoms. The number of hydrogen-bond acceptors (Lipinski definition) is 4. The van der Waals surface area contributed by atoms with E-state index in [1.807, 2.05) is 0 Å². The van der Waals surface area contributed by atoms with Crippen molar-refractivity contribution in [2.45, 2.75) is 44.6 Å². The molecule has 4 nitrogen and oxygen atoms in total. The topological polar surface area (TPSA) is 43.2 Å². The molecule has 1 aromatic rings. The summed E-state index contributed by atoms with van der Waals surface area (Å²) in [5.74, 6) is 0.944. The Morgan fingerprint density at radius 3 is 2.81 bits per heavy atom. The number of nitriles is 1. The van der Waals surface area contributed by atoms with Gasteiger partial charge in [0.2, 0.25) is 0 Å². The molecular weight excluding hydrogens is 260 g/mol. The van der Waals surface area contributed by atoms with Gasteiger partial charge in [0.05, 0.1) is 5.56 Å². The molecule has 4 heteroatoms. The summed E-state index contributed by atoms with van der Waals surface area (Å²) in [5.41, 5.74) is 3.30. The summed E-state index contributed by atoms with van der Waals surface area (Å²) < 4.78 is 0. The summed E-state index contributed by atoms with van der Waals surface area (Å²) in [5, 5.41) is 9.46. The quantitative estimate of drug-likeness (QED) is 0.833. The molecule has 1 aromatic heterocycles. The fraction of sp³-hybridized carbons (Fsp3) is 0.647. The molecule has 2 saturated heterocycles. The number of hydrogen-bond donors (Lipinski definition) is 0. The van der Waals surface area contributed by atoms with E-state index in [2.05, 4.69) is 21.9 Å². The minimum absolute atomic E-state index is 0.661. The van der Waals surface area contributed by atoms with Crippen molar-refractivity contribution in [3.8, 4) is 6.07 Å². The average Bonchev–Trinajstić information content (AvgIpc) is 3.24. The van der Waals surface area contributed by atoms with Gasteiger partial charge in [-0.25, -0.2) is 4.98 Å². The highest BCUT2D eigenvalue weighted by Crippen LogP contribution is 2.30. The number of aryl methyl sites for hydroxylation is 2. The van der Waals surface area contributed by atoms with Crippen LogP contribution in [0.4, 0.5) is 5.82 Å². The maximum Gasteiger partial charge on any atom is 0.146 e. The summed E-state index contributed by atoms with van der Waals surface area (Å²) in [7, 11) is 0. The zero-order valence-corrected chi connectivity index (χ0v) is 12.5. The number of nitrogens with zero attached hydrogens (tertiary/aromatic N) is 4. The van der Waals surface area contributed by atoms with E-state index in [1.54, 1.807) is 0 Å². The second-order valence-corrected chi connectivity index (χ2v) is 6.56. The van der Waals surface area contributed by atoms with Gasteiger partial charge in [-0.3, -0.25) is 4.90 Å². The van der Waals surface area contributed by atoms with E-state index >= 15 is 0 Å². The molecule has 110 valence electrons. The fourth-order valence-electron chi connectivity index (χ4n) is 4.12. The minimum atomic E-state index is 0.661. The van der Waals surface area contributed by atoms with Crippen molar-refractivity contribution < 1.29 is 0 Å². The van der Waals surface area contributed by atoms with Gasteiger partial charge < -0.3 is 4.90 Å². The molecule has 0 amide bonds. The first-order chi connectivity index (χ1) is 10.3. The highest BCUT2D eigenvalue weighted by Gasteiger charge is 2.31. The predicted molar refractivity (Wildman–Crippen MR) is 82.4 cm³/mol. The van der Waals surface area contributed by atoms with Gasteiger partial charge in [-0.1, -0.05) is 0 Å². The molecule has 1 aliphatic carbocycles. The summed E-state index contributed by atoms with van der Waals surface area (Å²) in [6, 6.07) is 5.12. The fourth-order valence-corrected chi connectivity index (χ4v) is 4.12. The van der Waals surface area contributed by atoms with Crippen molar-refractivity contribution in [2.75, 3.05) is 31.1 Å². The van der Waals surface area contributed by atoms with Crippen LogP contribution in [0.25, 0.3) is 0 Å². The summed E-state index contributed by atoms with van der Waals surface area (Å²) in [4.78, 5) is 9.82. The molecule has 0 saturated carbocycles. The average molecular weight is 282 g/mol. The summed E-state index contributed by atoms with van der Waals surface area (Å²) in [6.07, 6.45) is 7.26. The summed E-state index contributed by atoms with van der Waals surface area (Å²) in [6.45, 7) is 4.59. The first-order valence-electron chi connectivity index (χ1n) is 8.27. The van der Waals surface area contributed by atoms with Crippen LogP contribution in [0.1, 0.15) is 42.5 Å². The van der Waals surface area contributed by atoms with Gasteiger partial charge in [-0.2, -0.15) is 5.26 Å². The van der Waals surface area contributed by atoms with Crippen LogP contribution in [0.2, 0.25) is 0 Å². The highest BCUT2D eigenvalue weighted by atomic mass is 15.3. The number of pyridine rings is 1. The lowest BCUT2D eigenvalue weighted by molar-refractivity contribution is 0.260. The van der Waals surface area contributed by atoms with Gasteiger partial charge in [0, 0.05) is 24.8 Å². The van der Waals surface area contributed by atoms with Crippen LogP contribution in [-0.4, -0.2) is 42.1 Å². The van der Waals surface area contributed by atoms with Crippen molar-refractivity contribution in [3.05, 3.63) is 22.9 Å².